The standard InChI is InChI=1S/C27H26/c1-5-10-20(3)27(21(4)11-6-2)26-17-16-24-18-23(14-15-25(24)19-26)22-12-8-7-9-13-22/h5-19H,1H2,2-4H3/b11-6-,20-10+,27-21-. The molecular formula is C27H26. The van der Waals surface area contributed by atoms with Crippen molar-refractivity contribution in [2.45, 2.75) is 20.8 Å². The minimum atomic E-state index is 1.22. The fraction of sp³-hybridized carbons (Fsp3) is 0.111. The highest BCUT2D eigenvalue weighted by Crippen LogP contribution is 2.31. The summed E-state index contributed by atoms with van der Waals surface area (Å²) in [4.78, 5) is 0. The molecule has 0 aromatic heterocycles. The van der Waals surface area contributed by atoms with E-state index in [-0.39, 0.29) is 0 Å². The molecule has 0 saturated heterocycles. The summed E-state index contributed by atoms with van der Waals surface area (Å²) < 4.78 is 0. The second-order valence-corrected chi connectivity index (χ2v) is 6.79. The SMILES string of the molecule is C=C/C=C(C)/C(=C(C)/C=C\C)c1ccc2cc(-c3ccccc3)ccc2c1. The van der Waals surface area contributed by atoms with Gasteiger partial charge in [-0.05, 0) is 77.1 Å². The molecule has 0 saturated carbocycles. The molecule has 3 rings (SSSR count). The average Bonchev–Trinajstić information content (AvgIpc) is 2.69. The zero-order valence-corrected chi connectivity index (χ0v) is 16.4. The molecule has 0 amide bonds. The first-order chi connectivity index (χ1) is 13.1. The highest BCUT2D eigenvalue weighted by atomic mass is 14.1. The van der Waals surface area contributed by atoms with Crippen LogP contribution in [0.2, 0.25) is 0 Å². The van der Waals surface area contributed by atoms with Crippen LogP contribution in [0.3, 0.4) is 0 Å². The smallest absolute Gasteiger partial charge is 0.0125 e. The predicted molar refractivity (Wildman–Crippen MR) is 121 cm³/mol. The summed E-state index contributed by atoms with van der Waals surface area (Å²) in [6, 6.07) is 23.9. The van der Waals surface area contributed by atoms with Gasteiger partial charge in [-0.1, -0.05) is 85.5 Å². The Hall–Kier alpha value is -3.12. The van der Waals surface area contributed by atoms with Crippen molar-refractivity contribution in [3.8, 4) is 11.1 Å². The van der Waals surface area contributed by atoms with Gasteiger partial charge in [0.2, 0.25) is 0 Å². The minimum Gasteiger partial charge on any atom is -0.0991 e. The van der Waals surface area contributed by atoms with E-state index < -0.39 is 0 Å². The van der Waals surface area contributed by atoms with Crippen LogP contribution in [0.1, 0.15) is 26.3 Å². The van der Waals surface area contributed by atoms with E-state index in [1.807, 2.05) is 6.08 Å². The Morgan fingerprint density at radius 3 is 2.22 bits per heavy atom. The fourth-order valence-corrected chi connectivity index (χ4v) is 3.57. The van der Waals surface area contributed by atoms with Gasteiger partial charge in [-0.3, -0.25) is 0 Å². The quantitative estimate of drug-likeness (QED) is 0.409. The van der Waals surface area contributed by atoms with E-state index in [1.54, 1.807) is 0 Å². The van der Waals surface area contributed by atoms with Crippen LogP contribution < -0.4 is 0 Å². The zero-order chi connectivity index (χ0) is 19.2. The van der Waals surface area contributed by atoms with Gasteiger partial charge >= 0.3 is 0 Å². The van der Waals surface area contributed by atoms with Gasteiger partial charge in [-0.25, -0.2) is 0 Å². The van der Waals surface area contributed by atoms with E-state index in [0.29, 0.717) is 0 Å². The van der Waals surface area contributed by atoms with Crippen molar-refractivity contribution in [3.63, 3.8) is 0 Å². The molecule has 27 heavy (non-hydrogen) atoms. The summed E-state index contributed by atoms with van der Waals surface area (Å²) in [5.74, 6) is 0. The molecule has 0 aliphatic rings. The highest BCUT2D eigenvalue weighted by Gasteiger charge is 2.08. The summed E-state index contributed by atoms with van der Waals surface area (Å²) in [6.07, 6.45) is 8.18. The minimum absolute atomic E-state index is 1.22. The molecule has 0 heterocycles. The van der Waals surface area contributed by atoms with Gasteiger partial charge in [0.05, 0.1) is 0 Å². The van der Waals surface area contributed by atoms with Gasteiger partial charge in [0.25, 0.3) is 0 Å². The number of rotatable bonds is 5. The van der Waals surface area contributed by atoms with Crippen LogP contribution in [-0.2, 0) is 0 Å². The number of hydrogen-bond donors (Lipinski definition) is 0. The maximum absolute atomic E-state index is 3.85. The molecule has 0 aliphatic carbocycles. The molecule has 0 aliphatic heterocycles. The summed E-state index contributed by atoms with van der Waals surface area (Å²) in [7, 11) is 0. The van der Waals surface area contributed by atoms with Gasteiger partial charge in [0, 0.05) is 0 Å². The van der Waals surface area contributed by atoms with Crippen molar-refractivity contribution in [3.05, 3.63) is 114 Å². The lowest BCUT2D eigenvalue weighted by Crippen LogP contribution is -1.91. The second-order valence-electron chi connectivity index (χ2n) is 6.79. The lowest BCUT2D eigenvalue weighted by Gasteiger charge is -2.13. The molecule has 0 fully saturated rings. The molecule has 0 bridgehead atoms. The third-order valence-electron chi connectivity index (χ3n) is 4.81. The Morgan fingerprint density at radius 2 is 1.52 bits per heavy atom. The molecule has 3 aromatic rings. The van der Waals surface area contributed by atoms with Crippen molar-refractivity contribution in [1.82, 2.24) is 0 Å². The van der Waals surface area contributed by atoms with Crippen molar-refractivity contribution in [1.29, 1.82) is 0 Å². The van der Waals surface area contributed by atoms with E-state index in [4.69, 9.17) is 0 Å². The first-order valence-corrected chi connectivity index (χ1v) is 9.37. The Morgan fingerprint density at radius 1 is 0.815 bits per heavy atom. The largest absolute Gasteiger partial charge is 0.0991 e. The molecule has 0 nitrogen and oxygen atoms in total. The summed E-state index contributed by atoms with van der Waals surface area (Å²) in [5.41, 5.74) is 7.48. The molecule has 134 valence electrons. The van der Waals surface area contributed by atoms with E-state index in [0.717, 1.165) is 0 Å². The lowest BCUT2D eigenvalue weighted by molar-refractivity contribution is 1.42. The van der Waals surface area contributed by atoms with Gasteiger partial charge in [-0.15, -0.1) is 0 Å². The van der Waals surface area contributed by atoms with E-state index >= 15 is 0 Å². The Labute approximate surface area is 162 Å². The normalized spacial score (nSPS) is 13.1. The molecule has 0 N–H and O–H groups in total. The van der Waals surface area contributed by atoms with Crippen LogP contribution in [0, 0.1) is 0 Å². The molecule has 0 spiro atoms. The Kier molecular flexibility index (Phi) is 5.88. The Balaban J connectivity index is 2.11. The van der Waals surface area contributed by atoms with Gasteiger partial charge in [0.15, 0.2) is 0 Å². The molecule has 0 atom stereocenters. The summed E-state index contributed by atoms with van der Waals surface area (Å²) in [5, 5.41) is 2.51. The van der Waals surface area contributed by atoms with Crippen LogP contribution in [0.4, 0.5) is 0 Å². The lowest BCUT2D eigenvalue weighted by atomic mass is 9.91. The topological polar surface area (TPSA) is 0 Å². The third kappa shape index (κ3) is 4.17. The monoisotopic (exact) mass is 350 g/mol. The van der Waals surface area contributed by atoms with Gasteiger partial charge in [-0.2, -0.15) is 0 Å². The van der Waals surface area contributed by atoms with Crippen LogP contribution >= 0.6 is 0 Å². The van der Waals surface area contributed by atoms with E-state index in [9.17, 15) is 0 Å². The molecule has 0 heteroatoms. The first kappa shape index (κ1) is 18.7. The second kappa shape index (κ2) is 8.51. The third-order valence-corrected chi connectivity index (χ3v) is 4.81. The van der Waals surface area contributed by atoms with Gasteiger partial charge < -0.3 is 0 Å². The average molecular weight is 351 g/mol. The van der Waals surface area contributed by atoms with Crippen molar-refractivity contribution < 1.29 is 0 Å². The van der Waals surface area contributed by atoms with Crippen LogP contribution in [0.15, 0.2) is 109 Å². The fourth-order valence-electron chi connectivity index (χ4n) is 3.57. The highest BCUT2D eigenvalue weighted by molar-refractivity contribution is 5.92. The van der Waals surface area contributed by atoms with Crippen LogP contribution in [0.25, 0.3) is 27.5 Å². The molecular weight excluding hydrogens is 324 g/mol. The maximum Gasteiger partial charge on any atom is -0.0125 e. The molecule has 3 aromatic carbocycles. The predicted octanol–water partition coefficient (Wildman–Crippen LogP) is 7.99. The molecule has 0 unspecified atom stereocenters. The maximum atomic E-state index is 3.85. The zero-order valence-electron chi connectivity index (χ0n) is 16.4. The van der Waals surface area contributed by atoms with Gasteiger partial charge in [0.1, 0.15) is 0 Å². The summed E-state index contributed by atoms with van der Waals surface area (Å²) in [6.45, 7) is 10.2. The van der Waals surface area contributed by atoms with Crippen molar-refractivity contribution >= 4 is 16.3 Å². The number of allylic oxidation sites excluding steroid dienone is 7. The number of fused-ring (bicyclic) bond motifs is 1. The van der Waals surface area contributed by atoms with Crippen LogP contribution in [0.5, 0.6) is 0 Å². The number of hydrogen-bond acceptors (Lipinski definition) is 0. The van der Waals surface area contributed by atoms with Crippen molar-refractivity contribution in [2.24, 2.45) is 0 Å². The van der Waals surface area contributed by atoms with E-state index in [2.05, 4.69) is 112 Å². The van der Waals surface area contributed by atoms with Crippen LogP contribution in [-0.4, -0.2) is 0 Å². The molecule has 0 radical (unpaired) electrons. The summed E-state index contributed by atoms with van der Waals surface area (Å²) >= 11 is 0. The number of benzene rings is 3. The Bertz CT molecular complexity index is 1040. The van der Waals surface area contributed by atoms with E-state index in [1.165, 1.54) is 44.2 Å². The first-order valence-electron chi connectivity index (χ1n) is 9.37. The van der Waals surface area contributed by atoms with Crippen molar-refractivity contribution in [2.75, 3.05) is 0 Å².